The van der Waals surface area contributed by atoms with Crippen molar-refractivity contribution in [3.8, 4) is 5.75 Å². The zero-order chi connectivity index (χ0) is 38.5. The van der Waals surface area contributed by atoms with Gasteiger partial charge >= 0.3 is 17.9 Å². The molecule has 284 valence electrons. The van der Waals surface area contributed by atoms with E-state index in [-0.39, 0.29) is 44.2 Å². The van der Waals surface area contributed by atoms with Crippen molar-refractivity contribution in [2.75, 3.05) is 54.1 Å². The van der Waals surface area contributed by atoms with Gasteiger partial charge in [-0.1, -0.05) is 50.6 Å². The Labute approximate surface area is 303 Å². The highest BCUT2D eigenvalue weighted by Gasteiger charge is 2.50. The van der Waals surface area contributed by atoms with E-state index >= 15 is 0 Å². The molecule has 51 heavy (non-hydrogen) atoms. The van der Waals surface area contributed by atoms with Crippen LogP contribution in [0.5, 0.6) is 5.75 Å². The molecule has 0 aliphatic rings. The molecule has 0 spiro atoms. The van der Waals surface area contributed by atoms with Gasteiger partial charge in [0.15, 0.2) is 5.78 Å². The van der Waals surface area contributed by atoms with E-state index in [1.54, 1.807) is 76.2 Å². The van der Waals surface area contributed by atoms with Crippen molar-refractivity contribution in [2.24, 2.45) is 16.2 Å². The molecule has 3 atom stereocenters. The summed E-state index contributed by atoms with van der Waals surface area (Å²) in [4.78, 5) is 65.6. The smallest absolute Gasteiger partial charge is 0.317 e. The Bertz CT molecular complexity index is 1500. The summed E-state index contributed by atoms with van der Waals surface area (Å²) in [5.74, 6) is -1.75. The van der Waals surface area contributed by atoms with E-state index < -0.39 is 48.6 Å². The number of likely N-dealkylation sites (N-methyl/N-ethyl adjacent to an activating group) is 1. The van der Waals surface area contributed by atoms with Crippen LogP contribution in [0.3, 0.4) is 0 Å². The van der Waals surface area contributed by atoms with E-state index in [4.69, 9.17) is 23.3 Å². The number of hydrogen-bond donors (Lipinski definition) is 0. The van der Waals surface area contributed by atoms with Crippen LogP contribution in [-0.4, -0.2) is 82.3 Å². The minimum absolute atomic E-state index is 0.00529. The molecule has 0 fully saturated rings. The van der Waals surface area contributed by atoms with Gasteiger partial charge in [0.2, 0.25) is 0 Å². The molecule has 0 aliphatic carbocycles. The average molecular weight is 734 g/mol. The van der Waals surface area contributed by atoms with Gasteiger partial charge < -0.3 is 32.6 Å². The Morgan fingerprint density at radius 1 is 0.706 bits per heavy atom. The first-order chi connectivity index (χ1) is 23.7. The summed E-state index contributed by atoms with van der Waals surface area (Å²) in [5, 5.41) is 0. The Morgan fingerprint density at radius 3 is 1.84 bits per heavy atom. The number of quaternary nitrogens is 1. The molecule has 0 aromatic heterocycles. The third-order valence-corrected chi connectivity index (χ3v) is 9.60. The van der Waals surface area contributed by atoms with Crippen molar-refractivity contribution in [2.45, 2.75) is 73.6 Å². The van der Waals surface area contributed by atoms with E-state index in [0.29, 0.717) is 35.0 Å². The lowest BCUT2D eigenvalue weighted by Crippen LogP contribution is -2.45. The number of hydrogen-bond acceptors (Lipinski definition) is 11. The topological polar surface area (TPSA) is 155 Å². The first-order valence-corrected chi connectivity index (χ1v) is 18.8. The number of phosphoric acid groups is 1. The molecular weight excluding hydrogens is 677 g/mol. The summed E-state index contributed by atoms with van der Waals surface area (Å²) in [5.41, 5.74) is -2.78. The molecule has 3 unspecified atom stereocenters. The van der Waals surface area contributed by atoms with Gasteiger partial charge in [-0.2, -0.15) is 0 Å². The van der Waals surface area contributed by atoms with Crippen LogP contribution in [0.2, 0.25) is 0 Å². The predicted octanol–water partition coefficient (Wildman–Crippen LogP) is 6.15. The number of nitrogens with zero attached hydrogens (tertiary/aromatic N) is 1. The van der Waals surface area contributed by atoms with Gasteiger partial charge in [0.1, 0.15) is 25.5 Å². The van der Waals surface area contributed by atoms with Crippen molar-refractivity contribution >= 4 is 31.5 Å². The van der Waals surface area contributed by atoms with E-state index in [1.807, 2.05) is 41.1 Å². The normalized spacial score (nSPS) is 15.5. The molecule has 0 N–H and O–H groups in total. The predicted molar refractivity (Wildman–Crippen MR) is 191 cm³/mol. The first-order valence-electron chi connectivity index (χ1n) is 17.3. The number of ether oxygens (including phenoxy) is 3. The van der Waals surface area contributed by atoms with Crippen LogP contribution in [0.15, 0.2) is 54.6 Å². The monoisotopic (exact) mass is 733 g/mol. The number of carbonyl (C=O) groups is 4. The van der Waals surface area contributed by atoms with Crippen LogP contribution >= 0.6 is 7.82 Å². The second kappa shape index (κ2) is 18.9. The Morgan fingerprint density at radius 2 is 1.27 bits per heavy atom. The molecule has 12 nitrogen and oxygen atoms in total. The van der Waals surface area contributed by atoms with Crippen molar-refractivity contribution in [3.05, 3.63) is 65.7 Å². The minimum atomic E-state index is -4.59. The van der Waals surface area contributed by atoms with E-state index in [9.17, 15) is 28.6 Å². The second-order valence-corrected chi connectivity index (χ2v) is 16.5. The SMILES string of the molecule is CCCCOC(=O)C(C)(CC(C)(C)C(=O)OCCOP(=O)([O-])OCC[N+](C)(C)C)CC(C)(CC)C(=O)Oc1ccc(C(=O)c2ccccc2)cc1. The lowest BCUT2D eigenvalue weighted by Gasteiger charge is -2.39. The van der Waals surface area contributed by atoms with E-state index in [2.05, 4.69) is 0 Å². The molecule has 0 saturated heterocycles. The molecule has 0 heterocycles. The number of rotatable bonds is 22. The third kappa shape index (κ3) is 14.3. The van der Waals surface area contributed by atoms with Gasteiger partial charge in [-0.25, -0.2) is 0 Å². The third-order valence-electron chi connectivity index (χ3n) is 8.60. The summed E-state index contributed by atoms with van der Waals surface area (Å²) in [6.45, 7) is 10.1. The van der Waals surface area contributed by atoms with Crippen molar-refractivity contribution in [1.29, 1.82) is 0 Å². The summed E-state index contributed by atoms with van der Waals surface area (Å²) >= 11 is 0. The number of esters is 3. The van der Waals surface area contributed by atoms with E-state index in [0.717, 1.165) is 6.42 Å². The average Bonchev–Trinajstić information content (AvgIpc) is 3.06. The molecule has 0 amide bonds. The molecule has 0 radical (unpaired) electrons. The summed E-state index contributed by atoms with van der Waals surface area (Å²) in [6.07, 6.45) is 1.71. The molecule has 2 aromatic carbocycles. The van der Waals surface area contributed by atoms with E-state index in [1.165, 1.54) is 0 Å². The molecular formula is C38H56NO11P. The van der Waals surface area contributed by atoms with Gasteiger partial charge in [-0.3, -0.25) is 23.7 Å². The largest absolute Gasteiger partial charge is 0.756 e. The fourth-order valence-corrected chi connectivity index (χ4v) is 6.22. The Balaban J connectivity index is 2.15. The summed E-state index contributed by atoms with van der Waals surface area (Å²) in [6, 6.07) is 15.1. The van der Waals surface area contributed by atoms with Gasteiger partial charge in [-0.15, -0.1) is 0 Å². The molecule has 0 bridgehead atoms. The maximum absolute atomic E-state index is 13.7. The maximum atomic E-state index is 13.7. The van der Waals surface area contributed by atoms with Gasteiger partial charge in [0, 0.05) is 11.1 Å². The van der Waals surface area contributed by atoms with Crippen molar-refractivity contribution in [1.82, 2.24) is 0 Å². The highest BCUT2D eigenvalue weighted by molar-refractivity contribution is 7.45. The molecule has 0 aliphatic heterocycles. The summed E-state index contributed by atoms with van der Waals surface area (Å²) in [7, 11) is 1.08. The lowest BCUT2D eigenvalue weighted by atomic mass is 9.65. The number of ketones is 1. The minimum Gasteiger partial charge on any atom is -0.756 e. The highest BCUT2D eigenvalue weighted by atomic mass is 31.2. The van der Waals surface area contributed by atoms with Crippen LogP contribution in [-0.2, 0) is 37.5 Å². The van der Waals surface area contributed by atoms with Crippen LogP contribution in [0.1, 0.15) is 89.6 Å². The number of unbranched alkanes of at least 4 members (excludes halogenated alkanes) is 1. The fraction of sp³-hybridized carbons (Fsp3) is 0.579. The van der Waals surface area contributed by atoms with Gasteiger partial charge in [0.05, 0.1) is 50.6 Å². The number of benzene rings is 2. The quantitative estimate of drug-likeness (QED) is 0.0342. The lowest BCUT2D eigenvalue weighted by molar-refractivity contribution is -0.870. The highest BCUT2D eigenvalue weighted by Crippen LogP contribution is 2.46. The van der Waals surface area contributed by atoms with Crippen LogP contribution in [0.4, 0.5) is 0 Å². The van der Waals surface area contributed by atoms with Gasteiger partial charge in [0.25, 0.3) is 7.82 Å². The number of carbonyl (C=O) groups excluding carboxylic acids is 4. The van der Waals surface area contributed by atoms with Crippen LogP contribution in [0.25, 0.3) is 0 Å². The molecule has 2 rings (SSSR count). The zero-order valence-electron chi connectivity index (χ0n) is 31.7. The maximum Gasteiger partial charge on any atom is 0.317 e. The molecule has 0 saturated carbocycles. The number of phosphoric ester groups is 1. The Hall–Kier alpha value is -3.41. The summed E-state index contributed by atoms with van der Waals surface area (Å²) < 4.78 is 39.1. The zero-order valence-corrected chi connectivity index (χ0v) is 32.5. The van der Waals surface area contributed by atoms with Crippen molar-refractivity contribution in [3.63, 3.8) is 0 Å². The van der Waals surface area contributed by atoms with Crippen LogP contribution < -0.4 is 9.63 Å². The van der Waals surface area contributed by atoms with Crippen LogP contribution in [0, 0.1) is 16.2 Å². The standard InChI is InChI=1S/C38H56NO11P/c1-10-12-23-46-34(42)38(6,27-36(3,4)33(41)47-25-26-49-51(44,45)48-24-22-39(7,8)9)28-37(5,11-2)35(43)50-31-20-18-30(19-21-31)32(40)29-16-14-13-15-17-29/h13-21H,10-12,22-28H2,1-9H3. The second-order valence-electron chi connectivity index (χ2n) is 15.1. The Kier molecular flexibility index (Phi) is 16.2. The fourth-order valence-electron chi connectivity index (χ4n) is 5.54. The molecule has 2 aromatic rings. The molecule has 13 heteroatoms. The van der Waals surface area contributed by atoms with Gasteiger partial charge in [-0.05, 0) is 77.6 Å². The first kappa shape index (κ1) is 43.8. The van der Waals surface area contributed by atoms with Crippen molar-refractivity contribution < 1.29 is 56.4 Å².